The molecule has 1 aromatic heterocycles. The highest BCUT2D eigenvalue weighted by molar-refractivity contribution is 6.07. The van der Waals surface area contributed by atoms with Crippen LogP contribution in [0, 0.1) is 5.41 Å². The van der Waals surface area contributed by atoms with Gasteiger partial charge < -0.3 is 19.9 Å². The third-order valence-electron chi connectivity index (χ3n) is 5.80. The number of carbonyl (C=O) groups is 2. The molecule has 0 spiro atoms. The van der Waals surface area contributed by atoms with E-state index in [0.717, 1.165) is 30.1 Å². The predicted molar refractivity (Wildman–Crippen MR) is 110 cm³/mol. The lowest BCUT2D eigenvalue weighted by molar-refractivity contribution is -0.144. The van der Waals surface area contributed by atoms with Crippen LogP contribution in [0.25, 0.3) is 0 Å². The molecule has 0 atom stereocenters. The summed E-state index contributed by atoms with van der Waals surface area (Å²) in [7, 11) is 1.65. The summed E-state index contributed by atoms with van der Waals surface area (Å²) >= 11 is 0. The number of benzene rings is 1. The number of methoxy groups -OCH3 is 1. The van der Waals surface area contributed by atoms with E-state index in [2.05, 4.69) is 15.2 Å². The highest BCUT2D eigenvalue weighted by Crippen LogP contribution is 2.47. The van der Waals surface area contributed by atoms with E-state index >= 15 is 0 Å². The Morgan fingerprint density at radius 1 is 1.03 bits per heavy atom. The van der Waals surface area contributed by atoms with Crippen molar-refractivity contribution in [1.82, 2.24) is 15.2 Å². The Hall–Kier alpha value is -3.09. The Kier molecular flexibility index (Phi) is 5.38. The smallest absolute Gasteiger partial charge is 0.238 e. The Morgan fingerprint density at radius 3 is 2.28 bits per heavy atom. The van der Waals surface area contributed by atoms with Crippen LogP contribution in [0.15, 0.2) is 48.8 Å². The van der Waals surface area contributed by atoms with Gasteiger partial charge in [-0.05, 0) is 54.8 Å². The number of aromatic nitrogens is 1. The second-order valence-corrected chi connectivity index (χ2v) is 7.60. The molecular weight excluding hydrogens is 368 g/mol. The van der Waals surface area contributed by atoms with Gasteiger partial charge in [0.05, 0.1) is 7.11 Å². The molecule has 2 aromatic rings. The van der Waals surface area contributed by atoms with Gasteiger partial charge in [0.25, 0.3) is 0 Å². The summed E-state index contributed by atoms with van der Waals surface area (Å²) in [6.45, 7) is 3.19. The molecule has 2 amide bonds. The zero-order valence-corrected chi connectivity index (χ0v) is 16.6. The molecule has 2 heterocycles. The SMILES string of the molecule is COc1ccc(N2CCN(C(=O)C3(C(=O)NCc4ccncc4)CC3)CC2)cc1. The first-order valence-corrected chi connectivity index (χ1v) is 9.98. The number of amides is 2. The molecular formula is C22H26N4O3. The van der Waals surface area contributed by atoms with Crippen molar-refractivity contribution in [1.29, 1.82) is 0 Å². The highest BCUT2D eigenvalue weighted by atomic mass is 16.5. The van der Waals surface area contributed by atoms with Crippen LogP contribution >= 0.6 is 0 Å². The van der Waals surface area contributed by atoms with E-state index in [0.29, 0.717) is 32.5 Å². The molecule has 0 radical (unpaired) electrons. The quantitative estimate of drug-likeness (QED) is 0.757. The Balaban J connectivity index is 1.32. The van der Waals surface area contributed by atoms with E-state index in [9.17, 15) is 9.59 Å². The van der Waals surface area contributed by atoms with E-state index < -0.39 is 5.41 Å². The summed E-state index contributed by atoms with van der Waals surface area (Å²) in [4.78, 5) is 33.9. The average molecular weight is 394 g/mol. The van der Waals surface area contributed by atoms with Crippen molar-refractivity contribution in [2.45, 2.75) is 19.4 Å². The molecule has 29 heavy (non-hydrogen) atoms. The van der Waals surface area contributed by atoms with Crippen LogP contribution in [0.1, 0.15) is 18.4 Å². The largest absolute Gasteiger partial charge is 0.497 e. The molecule has 7 nitrogen and oxygen atoms in total. The number of pyridine rings is 1. The van der Waals surface area contributed by atoms with Crippen LogP contribution < -0.4 is 15.0 Å². The second-order valence-electron chi connectivity index (χ2n) is 7.60. The fraction of sp³-hybridized carbons (Fsp3) is 0.409. The number of rotatable bonds is 6. The maximum absolute atomic E-state index is 13.1. The number of nitrogens with zero attached hydrogens (tertiary/aromatic N) is 3. The molecule has 1 aliphatic carbocycles. The highest BCUT2D eigenvalue weighted by Gasteiger charge is 2.58. The van der Waals surface area contributed by atoms with Gasteiger partial charge in [-0.15, -0.1) is 0 Å². The first-order valence-electron chi connectivity index (χ1n) is 9.98. The first kappa shape index (κ1) is 19.2. The van der Waals surface area contributed by atoms with E-state index in [4.69, 9.17) is 4.74 Å². The lowest BCUT2D eigenvalue weighted by atomic mass is 10.0. The minimum absolute atomic E-state index is 0.0286. The maximum atomic E-state index is 13.1. The third-order valence-corrected chi connectivity index (χ3v) is 5.80. The summed E-state index contributed by atoms with van der Waals surface area (Å²) < 4.78 is 5.21. The number of hydrogen-bond donors (Lipinski definition) is 1. The normalized spacial score (nSPS) is 17.6. The molecule has 0 bridgehead atoms. The van der Waals surface area contributed by atoms with Gasteiger partial charge >= 0.3 is 0 Å². The molecule has 4 rings (SSSR count). The van der Waals surface area contributed by atoms with Crippen LogP contribution in [-0.4, -0.2) is 55.0 Å². The number of anilines is 1. The van der Waals surface area contributed by atoms with Crippen molar-refractivity contribution < 1.29 is 14.3 Å². The minimum Gasteiger partial charge on any atom is -0.497 e. The van der Waals surface area contributed by atoms with Crippen molar-refractivity contribution >= 4 is 17.5 Å². The van der Waals surface area contributed by atoms with Crippen molar-refractivity contribution in [2.24, 2.45) is 5.41 Å². The monoisotopic (exact) mass is 394 g/mol. The Bertz CT molecular complexity index is 857. The van der Waals surface area contributed by atoms with Crippen LogP contribution in [-0.2, 0) is 16.1 Å². The Morgan fingerprint density at radius 2 is 1.69 bits per heavy atom. The number of piperazine rings is 1. The van der Waals surface area contributed by atoms with E-state index in [1.807, 2.05) is 41.3 Å². The van der Waals surface area contributed by atoms with Crippen molar-refractivity contribution in [3.8, 4) is 5.75 Å². The molecule has 1 N–H and O–H groups in total. The van der Waals surface area contributed by atoms with Gasteiger partial charge in [0, 0.05) is 50.8 Å². The summed E-state index contributed by atoms with van der Waals surface area (Å²) in [5, 5.41) is 2.93. The third kappa shape index (κ3) is 4.04. The molecule has 0 unspecified atom stereocenters. The molecule has 2 aliphatic rings. The lowest BCUT2D eigenvalue weighted by Gasteiger charge is -2.37. The summed E-state index contributed by atoms with van der Waals surface area (Å²) in [5.41, 5.74) is 1.23. The first-order chi connectivity index (χ1) is 14.1. The van der Waals surface area contributed by atoms with Crippen LogP contribution in [0.3, 0.4) is 0 Å². The molecule has 1 aliphatic heterocycles. The number of hydrogen-bond acceptors (Lipinski definition) is 5. The molecule has 1 saturated carbocycles. The molecule has 1 saturated heterocycles. The van der Waals surface area contributed by atoms with Gasteiger partial charge in [-0.25, -0.2) is 0 Å². The van der Waals surface area contributed by atoms with Crippen LogP contribution in [0.5, 0.6) is 5.75 Å². The summed E-state index contributed by atoms with van der Waals surface area (Å²) in [6.07, 6.45) is 4.66. The van der Waals surface area contributed by atoms with E-state index in [1.165, 1.54) is 0 Å². The zero-order valence-electron chi connectivity index (χ0n) is 16.6. The molecule has 2 fully saturated rings. The van der Waals surface area contributed by atoms with Crippen molar-refractivity contribution in [3.05, 3.63) is 54.4 Å². The van der Waals surface area contributed by atoms with Gasteiger partial charge in [-0.2, -0.15) is 0 Å². The standard InChI is InChI=1S/C22H26N4O3/c1-29-19-4-2-18(3-5-19)25-12-14-26(15-13-25)21(28)22(8-9-22)20(27)24-16-17-6-10-23-11-7-17/h2-7,10-11H,8-9,12-16H2,1H3,(H,24,27). The number of carbonyl (C=O) groups excluding carboxylic acids is 2. The minimum atomic E-state index is -0.866. The Labute approximate surface area is 170 Å². The fourth-order valence-electron chi connectivity index (χ4n) is 3.78. The van der Waals surface area contributed by atoms with Gasteiger partial charge in [0.15, 0.2) is 0 Å². The van der Waals surface area contributed by atoms with Crippen LogP contribution in [0.4, 0.5) is 5.69 Å². The van der Waals surface area contributed by atoms with Crippen molar-refractivity contribution in [3.63, 3.8) is 0 Å². The van der Waals surface area contributed by atoms with Gasteiger partial charge in [0.1, 0.15) is 11.2 Å². The van der Waals surface area contributed by atoms with E-state index in [1.54, 1.807) is 19.5 Å². The van der Waals surface area contributed by atoms with Gasteiger partial charge in [-0.1, -0.05) is 0 Å². The van der Waals surface area contributed by atoms with Gasteiger partial charge in [0.2, 0.25) is 11.8 Å². The molecule has 7 heteroatoms. The van der Waals surface area contributed by atoms with Crippen LogP contribution in [0.2, 0.25) is 0 Å². The fourth-order valence-corrected chi connectivity index (χ4v) is 3.78. The average Bonchev–Trinajstić information content (AvgIpc) is 3.60. The van der Waals surface area contributed by atoms with E-state index in [-0.39, 0.29) is 11.8 Å². The molecule has 152 valence electrons. The topological polar surface area (TPSA) is 74.8 Å². The van der Waals surface area contributed by atoms with Crippen molar-refractivity contribution in [2.75, 3.05) is 38.2 Å². The molecule has 1 aromatic carbocycles. The summed E-state index contributed by atoms with van der Waals surface area (Å²) in [6, 6.07) is 11.7. The van der Waals surface area contributed by atoms with Gasteiger partial charge in [-0.3, -0.25) is 14.6 Å². The summed E-state index contributed by atoms with van der Waals surface area (Å²) in [5.74, 6) is 0.645. The zero-order chi connectivity index (χ0) is 20.3. The maximum Gasteiger partial charge on any atom is 0.238 e. The lowest BCUT2D eigenvalue weighted by Crippen LogP contribution is -2.53. The predicted octanol–water partition coefficient (Wildman–Crippen LogP) is 1.84. The second kappa shape index (κ2) is 8.11. The number of nitrogens with one attached hydrogen (secondary N) is 1. The number of ether oxygens (including phenoxy) is 1.